The zero-order valence-electron chi connectivity index (χ0n) is 13.8. The van der Waals surface area contributed by atoms with Gasteiger partial charge in [0.25, 0.3) is 0 Å². The third-order valence-corrected chi connectivity index (χ3v) is 3.56. The van der Waals surface area contributed by atoms with Crippen molar-refractivity contribution in [3.8, 4) is 11.5 Å². The van der Waals surface area contributed by atoms with Gasteiger partial charge < -0.3 is 19.7 Å². The monoisotopic (exact) mass is 294 g/mol. The van der Waals surface area contributed by atoms with E-state index in [0.717, 1.165) is 11.1 Å². The summed E-state index contributed by atoms with van der Waals surface area (Å²) in [7, 11) is 6.90. The highest BCUT2D eigenvalue weighted by Crippen LogP contribution is 2.30. The maximum atomic E-state index is 12.3. The van der Waals surface area contributed by atoms with Crippen molar-refractivity contribution in [1.29, 1.82) is 0 Å². The van der Waals surface area contributed by atoms with Crippen LogP contribution in [0.2, 0.25) is 0 Å². The lowest BCUT2D eigenvalue weighted by Crippen LogP contribution is -2.35. The Kier molecular flexibility index (Phi) is 6.49. The SMILES string of the molecule is CNCC(C)C(=O)N(C)Cc1cc(OC)c(OC)cc1C. The van der Waals surface area contributed by atoms with Gasteiger partial charge in [0.2, 0.25) is 5.91 Å². The first-order valence-corrected chi connectivity index (χ1v) is 7.05. The number of carbonyl (C=O) groups is 1. The number of aryl methyl sites for hydroxylation is 1. The van der Waals surface area contributed by atoms with Crippen LogP contribution >= 0.6 is 0 Å². The fraction of sp³-hybridized carbons (Fsp3) is 0.562. The van der Waals surface area contributed by atoms with Gasteiger partial charge in [-0.05, 0) is 37.2 Å². The normalized spacial score (nSPS) is 11.9. The molecule has 5 heteroatoms. The lowest BCUT2D eigenvalue weighted by molar-refractivity contribution is -0.134. The number of hydrogen-bond donors (Lipinski definition) is 1. The number of carbonyl (C=O) groups excluding carboxylic acids is 1. The summed E-state index contributed by atoms with van der Waals surface area (Å²) in [6, 6.07) is 3.87. The minimum absolute atomic E-state index is 0.0412. The molecule has 1 unspecified atom stereocenters. The first kappa shape index (κ1) is 17.3. The summed E-state index contributed by atoms with van der Waals surface area (Å²) in [4.78, 5) is 14.0. The second kappa shape index (κ2) is 7.88. The Morgan fingerprint density at radius 3 is 2.38 bits per heavy atom. The molecular formula is C16H26N2O3. The van der Waals surface area contributed by atoms with Gasteiger partial charge in [0.05, 0.1) is 14.2 Å². The summed E-state index contributed by atoms with van der Waals surface area (Å²) in [6.07, 6.45) is 0. The van der Waals surface area contributed by atoms with Crippen LogP contribution in [0.25, 0.3) is 0 Å². The quantitative estimate of drug-likeness (QED) is 0.833. The smallest absolute Gasteiger partial charge is 0.226 e. The van der Waals surface area contributed by atoms with Gasteiger partial charge >= 0.3 is 0 Å². The average Bonchev–Trinajstić information content (AvgIpc) is 2.48. The number of ether oxygens (including phenoxy) is 2. The van der Waals surface area contributed by atoms with Crippen molar-refractivity contribution < 1.29 is 14.3 Å². The Bertz CT molecular complexity index is 489. The Morgan fingerprint density at radius 1 is 1.29 bits per heavy atom. The van der Waals surface area contributed by atoms with E-state index in [-0.39, 0.29) is 11.8 Å². The molecule has 21 heavy (non-hydrogen) atoms. The van der Waals surface area contributed by atoms with Gasteiger partial charge in [-0.1, -0.05) is 6.92 Å². The first-order chi connectivity index (χ1) is 9.94. The lowest BCUT2D eigenvalue weighted by Gasteiger charge is -2.23. The van der Waals surface area contributed by atoms with E-state index in [2.05, 4.69) is 5.32 Å². The molecule has 1 aromatic rings. The molecule has 0 heterocycles. The summed E-state index contributed by atoms with van der Waals surface area (Å²) in [5, 5.41) is 3.03. The predicted octanol–water partition coefficient (Wildman–Crippen LogP) is 1.83. The van der Waals surface area contributed by atoms with Crippen molar-refractivity contribution in [2.75, 3.05) is 34.9 Å². The van der Waals surface area contributed by atoms with Crippen LogP contribution in [0.5, 0.6) is 11.5 Å². The van der Waals surface area contributed by atoms with E-state index in [4.69, 9.17) is 9.47 Å². The molecule has 118 valence electrons. The summed E-state index contributed by atoms with van der Waals surface area (Å²) in [6.45, 7) is 5.16. The summed E-state index contributed by atoms with van der Waals surface area (Å²) < 4.78 is 10.6. The lowest BCUT2D eigenvalue weighted by atomic mass is 10.1. The zero-order chi connectivity index (χ0) is 16.0. The van der Waals surface area contributed by atoms with Crippen LogP contribution in [0.3, 0.4) is 0 Å². The maximum absolute atomic E-state index is 12.3. The second-order valence-corrected chi connectivity index (χ2v) is 5.29. The molecule has 0 saturated carbocycles. The minimum atomic E-state index is -0.0412. The Balaban J connectivity index is 2.89. The van der Waals surface area contributed by atoms with Crippen LogP contribution in [-0.2, 0) is 11.3 Å². The van der Waals surface area contributed by atoms with Gasteiger partial charge in [0, 0.05) is 26.1 Å². The van der Waals surface area contributed by atoms with Crippen molar-refractivity contribution in [1.82, 2.24) is 10.2 Å². The number of nitrogens with one attached hydrogen (secondary N) is 1. The molecule has 0 saturated heterocycles. The topological polar surface area (TPSA) is 50.8 Å². The Hall–Kier alpha value is -1.75. The first-order valence-electron chi connectivity index (χ1n) is 7.05. The average molecular weight is 294 g/mol. The Labute approximate surface area is 127 Å². The highest BCUT2D eigenvalue weighted by Gasteiger charge is 2.18. The highest BCUT2D eigenvalue weighted by molar-refractivity contribution is 5.78. The molecule has 1 aromatic carbocycles. The van der Waals surface area contributed by atoms with Crippen LogP contribution in [-0.4, -0.2) is 45.7 Å². The van der Waals surface area contributed by atoms with E-state index in [1.807, 2.05) is 40.1 Å². The molecule has 1 N–H and O–H groups in total. The van der Waals surface area contributed by atoms with Crippen LogP contribution in [0, 0.1) is 12.8 Å². The molecule has 1 amide bonds. The molecule has 1 rings (SSSR count). The number of benzene rings is 1. The summed E-state index contributed by atoms with van der Waals surface area (Å²) >= 11 is 0. The molecule has 0 fully saturated rings. The number of amides is 1. The molecule has 0 spiro atoms. The number of nitrogens with zero attached hydrogens (tertiary/aromatic N) is 1. The molecule has 0 aromatic heterocycles. The molecule has 0 aliphatic carbocycles. The van der Waals surface area contributed by atoms with Crippen molar-refractivity contribution >= 4 is 5.91 Å². The molecule has 0 radical (unpaired) electrons. The van der Waals surface area contributed by atoms with Gasteiger partial charge in [-0.3, -0.25) is 4.79 Å². The minimum Gasteiger partial charge on any atom is -0.493 e. The van der Waals surface area contributed by atoms with E-state index >= 15 is 0 Å². The van der Waals surface area contributed by atoms with E-state index in [1.54, 1.807) is 19.1 Å². The zero-order valence-corrected chi connectivity index (χ0v) is 13.8. The standard InChI is InChI=1S/C16H26N2O3/c1-11-7-14(20-5)15(21-6)8-13(11)10-18(4)16(19)12(2)9-17-3/h7-8,12,17H,9-10H2,1-6H3. The number of hydrogen-bond acceptors (Lipinski definition) is 4. The van der Waals surface area contributed by atoms with Crippen LogP contribution in [0.4, 0.5) is 0 Å². The van der Waals surface area contributed by atoms with Crippen LogP contribution in [0.15, 0.2) is 12.1 Å². The van der Waals surface area contributed by atoms with E-state index in [0.29, 0.717) is 24.6 Å². The Morgan fingerprint density at radius 2 is 1.86 bits per heavy atom. The van der Waals surface area contributed by atoms with E-state index in [9.17, 15) is 4.79 Å². The predicted molar refractivity (Wildman–Crippen MR) is 83.8 cm³/mol. The van der Waals surface area contributed by atoms with E-state index < -0.39 is 0 Å². The van der Waals surface area contributed by atoms with E-state index in [1.165, 1.54) is 0 Å². The fourth-order valence-electron chi connectivity index (χ4n) is 2.30. The highest BCUT2D eigenvalue weighted by atomic mass is 16.5. The van der Waals surface area contributed by atoms with Crippen molar-refractivity contribution in [3.63, 3.8) is 0 Å². The summed E-state index contributed by atoms with van der Waals surface area (Å²) in [5.41, 5.74) is 2.13. The summed E-state index contributed by atoms with van der Waals surface area (Å²) in [5.74, 6) is 1.47. The largest absolute Gasteiger partial charge is 0.493 e. The van der Waals surface area contributed by atoms with Crippen molar-refractivity contribution in [2.45, 2.75) is 20.4 Å². The van der Waals surface area contributed by atoms with Crippen LogP contribution in [0.1, 0.15) is 18.1 Å². The van der Waals surface area contributed by atoms with Gasteiger partial charge in [-0.15, -0.1) is 0 Å². The fourth-order valence-corrected chi connectivity index (χ4v) is 2.30. The third-order valence-electron chi connectivity index (χ3n) is 3.56. The molecule has 0 aliphatic rings. The van der Waals surface area contributed by atoms with Gasteiger partial charge in [-0.25, -0.2) is 0 Å². The molecular weight excluding hydrogens is 268 g/mol. The number of methoxy groups -OCH3 is 2. The van der Waals surface area contributed by atoms with Gasteiger partial charge in [0.1, 0.15) is 0 Å². The van der Waals surface area contributed by atoms with Crippen molar-refractivity contribution in [2.24, 2.45) is 5.92 Å². The molecule has 0 bridgehead atoms. The van der Waals surface area contributed by atoms with Gasteiger partial charge in [-0.2, -0.15) is 0 Å². The van der Waals surface area contributed by atoms with Crippen LogP contribution < -0.4 is 14.8 Å². The maximum Gasteiger partial charge on any atom is 0.226 e. The molecule has 1 atom stereocenters. The van der Waals surface area contributed by atoms with Crippen molar-refractivity contribution in [3.05, 3.63) is 23.3 Å². The second-order valence-electron chi connectivity index (χ2n) is 5.29. The third kappa shape index (κ3) is 4.36. The molecule has 5 nitrogen and oxygen atoms in total. The van der Waals surface area contributed by atoms with Gasteiger partial charge in [0.15, 0.2) is 11.5 Å². The number of rotatable bonds is 7. The molecule has 0 aliphatic heterocycles.